The number of carbonyl (C=O) groups is 2. The van der Waals surface area contributed by atoms with Crippen molar-refractivity contribution in [1.29, 1.82) is 0 Å². The molecule has 1 N–H and O–H groups in total. The fourth-order valence-corrected chi connectivity index (χ4v) is 1.60. The summed E-state index contributed by atoms with van der Waals surface area (Å²) in [6, 6.07) is 0. The maximum Gasteiger partial charge on any atom is 0.303 e. The summed E-state index contributed by atoms with van der Waals surface area (Å²) in [6.45, 7) is 1.63. The first-order valence-corrected chi connectivity index (χ1v) is 5.66. The SMILES string of the molecule is COC1=CC(OCCCC(=O)O)(C(C)=O)C=C[CH]1. The lowest BCUT2D eigenvalue weighted by Crippen LogP contribution is -2.38. The van der Waals surface area contributed by atoms with Crippen molar-refractivity contribution in [2.75, 3.05) is 13.7 Å². The van der Waals surface area contributed by atoms with E-state index in [-0.39, 0.29) is 18.8 Å². The lowest BCUT2D eigenvalue weighted by molar-refractivity contribution is -0.138. The average molecular weight is 253 g/mol. The van der Waals surface area contributed by atoms with E-state index in [1.165, 1.54) is 14.0 Å². The minimum Gasteiger partial charge on any atom is -0.501 e. The van der Waals surface area contributed by atoms with Gasteiger partial charge in [0.1, 0.15) is 5.76 Å². The Hall–Kier alpha value is -1.62. The van der Waals surface area contributed by atoms with Crippen molar-refractivity contribution in [3.63, 3.8) is 0 Å². The first kappa shape index (κ1) is 14.4. The summed E-state index contributed by atoms with van der Waals surface area (Å²) >= 11 is 0. The standard InChI is InChI=1S/C13H17O5/c1-10(14)13(18-8-4-6-12(15)16)7-3-5-11(9-13)17-2/h3,5,7,9H,4,6,8H2,1-2H3,(H,15,16). The number of ether oxygens (including phenoxy) is 2. The van der Waals surface area contributed by atoms with Gasteiger partial charge >= 0.3 is 5.97 Å². The molecule has 1 atom stereocenters. The summed E-state index contributed by atoms with van der Waals surface area (Å²) in [7, 11) is 1.51. The molecule has 1 aliphatic carbocycles. The van der Waals surface area contributed by atoms with Crippen molar-refractivity contribution < 1.29 is 24.2 Å². The maximum absolute atomic E-state index is 11.7. The summed E-state index contributed by atoms with van der Waals surface area (Å²) in [5.74, 6) is -0.501. The van der Waals surface area contributed by atoms with Crippen molar-refractivity contribution in [1.82, 2.24) is 0 Å². The van der Waals surface area contributed by atoms with Crippen LogP contribution in [-0.2, 0) is 19.1 Å². The van der Waals surface area contributed by atoms with Gasteiger partial charge < -0.3 is 14.6 Å². The Labute approximate surface area is 106 Å². The first-order chi connectivity index (χ1) is 8.50. The van der Waals surface area contributed by atoms with Crippen LogP contribution in [0.4, 0.5) is 0 Å². The van der Waals surface area contributed by atoms with Crippen molar-refractivity contribution >= 4 is 11.8 Å². The molecule has 0 saturated carbocycles. The van der Waals surface area contributed by atoms with Gasteiger partial charge in [0.2, 0.25) is 0 Å². The summed E-state index contributed by atoms with van der Waals surface area (Å²) in [5, 5.41) is 8.53. The van der Waals surface area contributed by atoms with Crippen LogP contribution in [0.2, 0.25) is 0 Å². The van der Waals surface area contributed by atoms with Gasteiger partial charge in [0.25, 0.3) is 0 Å². The van der Waals surface area contributed by atoms with Gasteiger partial charge in [-0.25, -0.2) is 0 Å². The molecule has 99 valence electrons. The highest BCUT2D eigenvalue weighted by atomic mass is 16.5. The number of Topliss-reactive ketones (excluding diaryl/α,β-unsaturated/α-hetero) is 1. The molecule has 1 aliphatic rings. The highest BCUT2D eigenvalue weighted by Crippen LogP contribution is 2.25. The van der Waals surface area contributed by atoms with Crippen LogP contribution in [-0.4, -0.2) is 36.2 Å². The van der Waals surface area contributed by atoms with Crippen molar-refractivity contribution in [3.05, 3.63) is 30.4 Å². The zero-order valence-electron chi connectivity index (χ0n) is 10.5. The number of hydrogen-bond acceptors (Lipinski definition) is 4. The number of methoxy groups -OCH3 is 1. The molecule has 5 heteroatoms. The highest BCUT2D eigenvalue weighted by Gasteiger charge is 2.34. The van der Waals surface area contributed by atoms with Crippen LogP contribution in [0.25, 0.3) is 0 Å². The fraction of sp³-hybridized carbons (Fsp3) is 0.462. The van der Waals surface area contributed by atoms with Crippen molar-refractivity contribution in [2.45, 2.75) is 25.4 Å². The minimum absolute atomic E-state index is 0.0185. The van der Waals surface area contributed by atoms with Gasteiger partial charge in [0.15, 0.2) is 11.4 Å². The molecule has 0 amide bonds. The van der Waals surface area contributed by atoms with E-state index in [4.69, 9.17) is 14.6 Å². The lowest BCUT2D eigenvalue weighted by atomic mass is 9.92. The van der Waals surface area contributed by atoms with Crippen molar-refractivity contribution in [2.24, 2.45) is 0 Å². The van der Waals surface area contributed by atoms with Gasteiger partial charge in [-0.05, 0) is 25.5 Å². The van der Waals surface area contributed by atoms with Gasteiger partial charge in [0, 0.05) is 19.4 Å². The molecule has 0 saturated heterocycles. The van der Waals surface area contributed by atoms with E-state index >= 15 is 0 Å². The minimum atomic E-state index is -1.14. The molecule has 0 heterocycles. The Balaban J connectivity index is 2.67. The second-order valence-electron chi connectivity index (χ2n) is 3.97. The summed E-state index contributed by atoms with van der Waals surface area (Å²) in [5.41, 5.74) is -1.14. The zero-order chi connectivity index (χ0) is 13.6. The largest absolute Gasteiger partial charge is 0.501 e. The molecule has 0 aromatic carbocycles. The van der Waals surface area contributed by atoms with E-state index in [0.29, 0.717) is 12.2 Å². The van der Waals surface area contributed by atoms with Gasteiger partial charge in [-0.3, -0.25) is 9.59 Å². The smallest absolute Gasteiger partial charge is 0.303 e. The van der Waals surface area contributed by atoms with Gasteiger partial charge in [0.05, 0.1) is 7.11 Å². The number of aliphatic carboxylic acids is 1. The topological polar surface area (TPSA) is 72.8 Å². The number of hydrogen-bond donors (Lipinski definition) is 1. The Kier molecular flexibility index (Phi) is 5.09. The van der Waals surface area contributed by atoms with Gasteiger partial charge in [-0.1, -0.05) is 6.08 Å². The van der Waals surface area contributed by atoms with Crippen LogP contribution in [0, 0.1) is 6.42 Å². The van der Waals surface area contributed by atoms with E-state index in [0.717, 1.165) is 0 Å². The van der Waals surface area contributed by atoms with Crippen molar-refractivity contribution in [3.8, 4) is 0 Å². The molecule has 5 nitrogen and oxygen atoms in total. The average Bonchev–Trinajstić information content (AvgIpc) is 2.34. The molecule has 1 rings (SSSR count). The van der Waals surface area contributed by atoms with Crippen LogP contribution >= 0.6 is 0 Å². The summed E-state index contributed by atoms with van der Waals surface area (Å²) in [4.78, 5) is 22.1. The molecule has 0 spiro atoms. The number of rotatable bonds is 7. The third-order valence-corrected chi connectivity index (χ3v) is 2.62. The lowest BCUT2D eigenvalue weighted by Gasteiger charge is -2.28. The molecular formula is C13H17O5. The molecule has 18 heavy (non-hydrogen) atoms. The van der Waals surface area contributed by atoms with E-state index < -0.39 is 11.6 Å². The highest BCUT2D eigenvalue weighted by molar-refractivity contribution is 5.90. The predicted octanol–water partition coefficient (Wildman–Crippen LogP) is 1.50. The van der Waals surface area contributed by atoms with Crippen LogP contribution in [0.3, 0.4) is 0 Å². The third-order valence-electron chi connectivity index (χ3n) is 2.62. The maximum atomic E-state index is 11.7. The van der Waals surface area contributed by atoms with Crippen LogP contribution < -0.4 is 0 Å². The monoisotopic (exact) mass is 253 g/mol. The van der Waals surface area contributed by atoms with Crippen LogP contribution in [0.15, 0.2) is 24.0 Å². The Bertz CT molecular complexity index is 383. The van der Waals surface area contributed by atoms with E-state index in [2.05, 4.69) is 0 Å². The van der Waals surface area contributed by atoms with Crippen LogP contribution in [0.5, 0.6) is 0 Å². The number of carboxylic acid groups (broad SMARTS) is 1. The van der Waals surface area contributed by atoms with E-state index in [1.807, 2.05) is 0 Å². The summed E-state index contributed by atoms with van der Waals surface area (Å²) < 4.78 is 10.6. The third kappa shape index (κ3) is 3.70. The second kappa shape index (κ2) is 6.35. The Morgan fingerprint density at radius 3 is 2.72 bits per heavy atom. The fourth-order valence-electron chi connectivity index (χ4n) is 1.60. The molecule has 1 radical (unpaired) electrons. The molecule has 0 bridgehead atoms. The molecular weight excluding hydrogens is 236 g/mol. The summed E-state index contributed by atoms with van der Waals surface area (Å²) in [6.07, 6.45) is 7.02. The zero-order valence-corrected chi connectivity index (χ0v) is 10.5. The van der Waals surface area contributed by atoms with E-state index in [1.54, 1.807) is 24.6 Å². The Morgan fingerprint density at radius 2 is 2.17 bits per heavy atom. The number of carboxylic acids is 1. The predicted molar refractivity (Wildman–Crippen MR) is 64.8 cm³/mol. The molecule has 1 unspecified atom stereocenters. The second-order valence-corrected chi connectivity index (χ2v) is 3.97. The quantitative estimate of drug-likeness (QED) is 0.696. The number of allylic oxidation sites excluding steroid dienone is 1. The van der Waals surface area contributed by atoms with Crippen LogP contribution in [0.1, 0.15) is 19.8 Å². The Morgan fingerprint density at radius 1 is 1.44 bits per heavy atom. The van der Waals surface area contributed by atoms with Gasteiger partial charge in [-0.2, -0.15) is 0 Å². The normalized spacial score (nSPS) is 22.4. The number of carbonyl (C=O) groups excluding carboxylic acids is 1. The number of ketones is 1. The van der Waals surface area contributed by atoms with Gasteiger partial charge in [-0.15, -0.1) is 0 Å². The molecule has 0 aromatic heterocycles. The molecule has 0 fully saturated rings. The van der Waals surface area contributed by atoms with E-state index in [9.17, 15) is 9.59 Å². The first-order valence-electron chi connectivity index (χ1n) is 5.66. The molecule has 0 aliphatic heterocycles. The molecule has 0 aromatic rings.